The van der Waals surface area contributed by atoms with Gasteiger partial charge in [0.1, 0.15) is 0 Å². The Bertz CT molecular complexity index is 611. The van der Waals surface area contributed by atoms with E-state index in [0.29, 0.717) is 16.9 Å². The molecule has 0 aliphatic heterocycles. The van der Waals surface area contributed by atoms with E-state index in [1.807, 2.05) is 19.1 Å². The maximum atomic E-state index is 11.6. The smallest absolute Gasteiger partial charge is 0.340 e. The Labute approximate surface area is 111 Å². The fourth-order valence-corrected chi connectivity index (χ4v) is 1.72. The van der Waals surface area contributed by atoms with Gasteiger partial charge in [-0.05, 0) is 31.2 Å². The van der Waals surface area contributed by atoms with Crippen molar-refractivity contribution in [1.82, 2.24) is 4.98 Å². The molecule has 0 bridgehead atoms. The number of ether oxygens (including phenoxy) is 1. The van der Waals surface area contributed by atoms with Crippen molar-refractivity contribution >= 4 is 23.0 Å². The molecule has 5 nitrogen and oxygen atoms in total. The van der Waals surface area contributed by atoms with Gasteiger partial charge in [0.2, 0.25) is 0 Å². The maximum absolute atomic E-state index is 11.6. The summed E-state index contributed by atoms with van der Waals surface area (Å²) in [6.45, 7) is 1.89. The average Bonchev–Trinajstić information content (AvgIpc) is 2.42. The van der Waals surface area contributed by atoms with Gasteiger partial charge in [-0.3, -0.25) is 4.98 Å². The third-order valence-corrected chi connectivity index (χ3v) is 2.79. The zero-order valence-corrected chi connectivity index (χ0v) is 10.8. The number of hydrogen-bond acceptors (Lipinski definition) is 5. The van der Waals surface area contributed by atoms with Crippen LogP contribution in [0.25, 0.3) is 0 Å². The molecule has 98 valence electrons. The van der Waals surface area contributed by atoms with Crippen LogP contribution in [0, 0.1) is 6.92 Å². The normalized spacial score (nSPS) is 10.0. The van der Waals surface area contributed by atoms with Crippen molar-refractivity contribution in [3.63, 3.8) is 0 Å². The summed E-state index contributed by atoms with van der Waals surface area (Å²) in [5.41, 5.74) is 9.02. The molecule has 1 aromatic heterocycles. The largest absolute Gasteiger partial charge is 0.465 e. The number of carbonyl (C=O) groups is 1. The first-order valence-electron chi connectivity index (χ1n) is 5.79. The molecule has 0 saturated heterocycles. The number of rotatable bonds is 3. The van der Waals surface area contributed by atoms with Crippen LogP contribution in [0.1, 0.15) is 16.1 Å². The van der Waals surface area contributed by atoms with Gasteiger partial charge in [-0.25, -0.2) is 4.79 Å². The average molecular weight is 257 g/mol. The zero-order valence-electron chi connectivity index (χ0n) is 10.8. The number of benzene rings is 1. The van der Waals surface area contributed by atoms with E-state index in [9.17, 15) is 4.79 Å². The highest BCUT2D eigenvalue weighted by atomic mass is 16.5. The van der Waals surface area contributed by atoms with Crippen LogP contribution in [-0.2, 0) is 4.74 Å². The number of aryl methyl sites for hydroxylation is 1. The summed E-state index contributed by atoms with van der Waals surface area (Å²) in [6.07, 6.45) is 1.72. The van der Waals surface area contributed by atoms with E-state index in [2.05, 4.69) is 15.0 Å². The lowest BCUT2D eigenvalue weighted by Crippen LogP contribution is -2.08. The van der Waals surface area contributed by atoms with Crippen molar-refractivity contribution in [1.29, 1.82) is 0 Å². The van der Waals surface area contributed by atoms with E-state index in [1.54, 1.807) is 24.4 Å². The molecule has 0 amide bonds. The number of carbonyl (C=O) groups excluding carboxylic acids is 1. The number of aromatic nitrogens is 1. The van der Waals surface area contributed by atoms with Crippen molar-refractivity contribution in [2.45, 2.75) is 6.92 Å². The van der Waals surface area contributed by atoms with Crippen molar-refractivity contribution in [2.75, 3.05) is 18.2 Å². The third kappa shape index (κ3) is 2.65. The maximum Gasteiger partial charge on any atom is 0.340 e. The molecule has 2 rings (SSSR count). The Morgan fingerprint density at radius 1 is 1.26 bits per heavy atom. The molecule has 0 spiro atoms. The van der Waals surface area contributed by atoms with Gasteiger partial charge in [0.05, 0.1) is 35.4 Å². The number of para-hydroxylation sites is 1. The first kappa shape index (κ1) is 12.9. The number of anilines is 3. The molecule has 5 heteroatoms. The predicted molar refractivity (Wildman–Crippen MR) is 74.5 cm³/mol. The topological polar surface area (TPSA) is 77.2 Å². The van der Waals surface area contributed by atoms with Crippen LogP contribution < -0.4 is 11.1 Å². The second-order valence-electron chi connectivity index (χ2n) is 4.02. The monoisotopic (exact) mass is 257 g/mol. The predicted octanol–water partition coefficient (Wildman–Crippen LogP) is 2.50. The molecule has 0 radical (unpaired) electrons. The Balaban J connectivity index is 2.37. The highest BCUT2D eigenvalue weighted by Gasteiger charge is 2.13. The van der Waals surface area contributed by atoms with Crippen LogP contribution in [-0.4, -0.2) is 18.1 Å². The number of nitrogens with two attached hydrogens (primary N) is 1. The Kier molecular flexibility index (Phi) is 3.66. The molecule has 2 aromatic rings. The molecule has 0 atom stereocenters. The van der Waals surface area contributed by atoms with E-state index in [4.69, 9.17) is 5.73 Å². The molecule has 0 aliphatic rings. The van der Waals surface area contributed by atoms with E-state index >= 15 is 0 Å². The van der Waals surface area contributed by atoms with Crippen molar-refractivity contribution < 1.29 is 9.53 Å². The number of esters is 1. The second-order valence-corrected chi connectivity index (χ2v) is 4.02. The Morgan fingerprint density at radius 3 is 2.68 bits per heavy atom. The number of hydrogen-bond donors (Lipinski definition) is 2. The molecular formula is C14H15N3O2. The Hall–Kier alpha value is -2.56. The summed E-state index contributed by atoms with van der Waals surface area (Å²) in [7, 11) is 1.33. The first-order chi connectivity index (χ1) is 9.13. The lowest BCUT2D eigenvalue weighted by molar-refractivity contribution is 0.0602. The fourth-order valence-electron chi connectivity index (χ4n) is 1.72. The number of pyridine rings is 1. The summed E-state index contributed by atoms with van der Waals surface area (Å²) in [5.74, 6) is -0.455. The zero-order chi connectivity index (χ0) is 13.8. The van der Waals surface area contributed by atoms with Crippen LogP contribution in [0.4, 0.5) is 17.1 Å². The van der Waals surface area contributed by atoms with Gasteiger partial charge in [-0.1, -0.05) is 6.07 Å². The van der Waals surface area contributed by atoms with E-state index < -0.39 is 5.97 Å². The van der Waals surface area contributed by atoms with Gasteiger partial charge in [-0.2, -0.15) is 0 Å². The van der Waals surface area contributed by atoms with Gasteiger partial charge in [0.15, 0.2) is 0 Å². The minimum atomic E-state index is -0.455. The highest BCUT2D eigenvalue weighted by Crippen LogP contribution is 2.27. The minimum Gasteiger partial charge on any atom is -0.465 e. The minimum absolute atomic E-state index is 0.342. The van der Waals surface area contributed by atoms with Crippen LogP contribution >= 0.6 is 0 Å². The molecule has 0 aliphatic carbocycles. The van der Waals surface area contributed by atoms with Crippen LogP contribution in [0.2, 0.25) is 0 Å². The third-order valence-electron chi connectivity index (χ3n) is 2.79. The fraction of sp³-hybridized carbons (Fsp3) is 0.143. The number of nitrogens with one attached hydrogen (secondary N) is 1. The first-order valence-corrected chi connectivity index (χ1v) is 5.79. The number of nitrogen functional groups attached to an aromatic ring is 1. The van der Waals surface area contributed by atoms with Gasteiger partial charge in [0.25, 0.3) is 0 Å². The standard InChI is InChI=1S/C14H15N3O2/c1-9-11(7-4-8-16-9)17-12-6-3-5-10(13(12)15)14(18)19-2/h3-8,17H,15H2,1-2H3. The van der Waals surface area contributed by atoms with E-state index in [1.165, 1.54) is 7.11 Å². The summed E-state index contributed by atoms with van der Waals surface area (Å²) in [4.78, 5) is 15.7. The molecule has 3 N–H and O–H groups in total. The van der Waals surface area contributed by atoms with Gasteiger partial charge < -0.3 is 15.8 Å². The quantitative estimate of drug-likeness (QED) is 0.652. The van der Waals surface area contributed by atoms with Crippen LogP contribution in [0.5, 0.6) is 0 Å². The summed E-state index contributed by atoms with van der Waals surface area (Å²) in [5, 5.41) is 3.16. The molecule has 19 heavy (non-hydrogen) atoms. The van der Waals surface area contributed by atoms with Crippen molar-refractivity contribution in [2.24, 2.45) is 0 Å². The summed E-state index contributed by atoms with van der Waals surface area (Å²) in [6, 6.07) is 8.90. The van der Waals surface area contributed by atoms with E-state index in [0.717, 1.165) is 11.4 Å². The van der Waals surface area contributed by atoms with Crippen molar-refractivity contribution in [3.8, 4) is 0 Å². The molecule has 0 fully saturated rings. The lowest BCUT2D eigenvalue weighted by Gasteiger charge is -2.13. The Morgan fingerprint density at radius 2 is 2.00 bits per heavy atom. The van der Waals surface area contributed by atoms with Gasteiger partial charge >= 0.3 is 5.97 Å². The molecule has 1 heterocycles. The number of methoxy groups -OCH3 is 1. The lowest BCUT2D eigenvalue weighted by atomic mass is 10.1. The molecule has 0 unspecified atom stereocenters. The van der Waals surface area contributed by atoms with Crippen LogP contribution in [0.3, 0.4) is 0 Å². The van der Waals surface area contributed by atoms with Gasteiger partial charge in [-0.15, -0.1) is 0 Å². The summed E-state index contributed by atoms with van der Waals surface area (Å²) >= 11 is 0. The van der Waals surface area contributed by atoms with Crippen LogP contribution in [0.15, 0.2) is 36.5 Å². The highest BCUT2D eigenvalue weighted by molar-refractivity contribution is 5.98. The van der Waals surface area contributed by atoms with Crippen molar-refractivity contribution in [3.05, 3.63) is 47.8 Å². The molecular weight excluding hydrogens is 242 g/mol. The number of nitrogens with zero attached hydrogens (tertiary/aromatic N) is 1. The summed E-state index contributed by atoms with van der Waals surface area (Å²) < 4.78 is 4.69. The van der Waals surface area contributed by atoms with Gasteiger partial charge in [0, 0.05) is 6.20 Å². The molecule has 1 aromatic carbocycles. The van der Waals surface area contributed by atoms with E-state index in [-0.39, 0.29) is 0 Å². The molecule has 0 saturated carbocycles. The second kappa shape index (κ2) is 5.39. The SMILES string of the molecule is COC(=O)c1cccc(Nc2cccnc2C)c1N.